The first kappa shape index (κ1) is 26.7. The molecule has 0 aliphatic carbocycles. The van der Waals surface area contributed by atoms with E-state index in [4.69, 9.17) is 4.98 Å². The number of nitrogens with one attached hydrogen (secondary N) is 3. The Morgan fingerprint density at radius 3 is 2.55 bits per heavy atom. The summed E-state index contributed by atoms with van der Waals surface area (Å²) in [6.45, 7) is 12.5. The molecule has 8 heteroatoms. The minimum absolute atomic E-state index is 0.306. The van der Waals surface area contributed by atoms with Crippen molar-refractivity contribution < 1.29 is 4.39 Å². The van der Waals surface area contributed by atoms with Crippen LogP contribution in [-0.4, -0.2) is 30.1 Å². The van der Waals surface area contributed by atoms with E-state index in [1.165, 1.54) is 12.1 Å². The van der Waals surface area contributed by atoms with Crippen LogP contribution in [0.15, 0.2) is 85.6 Å². The van der Waals surface area contributed by atoms with E-state index in [0.717, 1.165) is 50.9 Å². The molecule has 0 atom stereocenters. The molecule has 3 N–H and O–H groups in total. The van der Waals surface area contributed by atoms with E-state index in [-0.39, 0.29) is 5.82 Å². The second-order valence-electron chi connectivity index (χ2n) is 9.80. The molecule has 40 heavy (non-hydrogen) atoms. The average Bonchev–Trinajstić information content (AvgIpc) is 3.57. The number of aromatic amines is 2. The first-order valence-corrected chi connectivity index (χ1v) is 13.4. The van der Waals surface area contributed by atoms with Crippen molar-refractivity contribution in [3.8, 4) is 33.8 Å². The molecule has 0 fully saturated rings. The van der Waals surface area contributed by atoms with Gasteiger partial charge < -0.3 is 10.3 Å². The Bertz CT molecular complexity index is 1800. The summed E-state index contributed by atoms with van der Waals surface area (Å²) in [6, 6.07) is 14.6. The highest BCUT2D eigenvalue weighted by molar-refractivity contribution is 5.98. The maximum atomic E-state index is 13.9. The Hall–Kier alpha value is -4.85. The fraction of sp³-hybridized carbons (Fsp3) is 0.188. The Balaban J connectivity index is 0.00000158. The lowest BCUT2D eigenvalue weighted by molar-refractivity contribution is 0.628. The number of hydrogen-bond donors (Lipinski definition) is 3. The quantitative estimate of drug-likeness (QED) is 0.192. The van der Waals surface area contributed by atoms with Crippen LogP contribution in [0.3, 0.4) is 0 Å². The topological polar surface area (TPSA) is 95.2 Å². The van der Waals surface area contributed by atoms with Crippen LogP contribution in [0.1, 0.15) is 34.1 Å². The van der Waals surface area contributed by atoms with Gasteiger partial charge >= 0.3 is 0 Å². The Morgan fingerprint density at radius 1 is 0.925 bits per heavy atom. The number of hydrogen-bond acceptors (Lipinski definition) is 5. The third kappa shape index (κ3) is 5.47. The molecular formula is C32H32FN7. The lowest BCUT2D eigenvalue weighted by atomic mass is 10.0. The van der Waals surface area contributed by atoms with E-state index in [9.17, 15) is 4.39 Å². The summed E-state index contributed by atoms with van der Waals surface area (Å²) in [4.78, 5) is 17.0. The predicted octanol–water partition coefficient (Wildman–Crippen LogP) is 8.37. The molecule has 0 amide bonds. The second-order valence-corrected chi connectivity index (χ2v) is 9.80. The van der Waals surface area contributed by atoms with E-state index in [1.54, 1.807) is 24.7 Å². The van der Waals surface area contributed by atoms with Crippen molar-refractivity contribution >= 4 is 27.6 Å². The first-order valence-electron chi connectivity index (χ1n) is 13.4. The SMILES string of the molecule is C=C(CC(C)C)Nc1cncc(-c2ccc3[nH]nc(-c4nc5c(-c6cccc(F)c6)cncc5[nH]4)c3c2)c1.CC. The first-order chi connectivity index (χ1) is 19.4. The van der Waals surface area contributed by atoms with Gasteiger partial charge in [-0.3, -0.25) is 15.1 Å². The van der Waals surface area contributed by atoms with Crippen LogP contribution >= 0.6 is 0 Å². The van der Waals surface area contributed by atoms with Crippen molar-refractivity contribution in [1.82, 2.24) is 30.1 Å². The molecule has 202 valence electrons. The number of anilines is 1. The minimum Gasteiger partial charge on any atom is -0.358 e. The van der Waals surface area contributed by atoms with Crippen LogP contribution in [0.5, 0.6) is 0 Å². The fourth-order valence-corrected chi connectivity index (χ4v) is 4.70. The maximum absolute atomic E-state index is 13.9. The minimum atomic E-state index is -0.306. The molecule has 0 bridgehead atoms. The smallest absolute Gasteiger partial charge is 0.159 e. The molecule has 0 aliphatic heterocycles. The third-order valence-corrected chi connectivity index (χ3v) is 6.36. The standard InChI is InChI=1S/C30H26FN7.C2H6/c1-17(2)9-18(3)34-23-11-21(13-32-14-23)19-7-8-26-24(12-19)29(38-37-26)30-35-27-16-33-15-25(28(27)36-30)20-5-4-6-22(31)10-20;1-2/h4-8,10-17,34H,3,9H2,1-2H3,(H,35,36)(H,37,38);1-2H3. The molecule has 0 unspecified atom stereocenters. The van der Waals surface area contributed by atoms with Gasteiger partial charge in [-0.15, -0.1) is 0 Å². The number of fused-ring (bicyclic) bond motifs is 2. The molecule has 4 aromatic heterocycles. The van der Waals surface area contributed by atoms with Crippen LogP contribution in [0, 0.1) is 11.7 Å². The van der Waals surface area contributed by atoms with Crippen LogP contribution in [0.4, 0.5) is 10.1 Å². The van der Waals surface area contributed by atoms with E-state index in [0.29, 0.717) is 28.5 Å². The summed E-state index contributed by atoms with van der Waals surface area (Å²) in [7, 11) is 0. The number of allylic oxidation sites excluding steroid dienone is 1. The molecule has 6 rings (SSSR count). The lowest BCUT2D eigenvalue weighted by Gasteiger charge is -2.12. The van der Waals surface area contributed by atoms with Crippen LogP contribution in [0.25, 0.3) is 55.7 Å². The summed E-state index contributed by atoms with van der Waals surface area (Å²) in [6.07, 6.45) is 7.95. The third-order valence-electron chi connectivity index (χ3n) is 6.36. The van der Waals surface area contributed by atoms with Gasteiger partial charge in [0.1, 0.15) is 11.5 Å². The molecule has 0 aliphatic rings. The Kier molecular flexibility index (Phi) is 7.68. The number of nitrogens with zero attached hydrogens (tertiary/aromatic N) is 4. The highest BCUT2D eigenvalue weighted by atomic mass is 19.1. The number of benzene rings is 2. The van der Waals surface area contributed by atoms with Gasteiger partial charge in [-0.05, 0) is 53.8 Å². The summed E-state index contributed by atoms with van der Waals surface area (Å²) < 4.78 is 13.9. The van der Waals surface area contributed by atoms with E-state index < -0.39 is 0 Å². The van der Waals surface area contributed by atoms with Crippen molar-refractivity contribution in [2.45, 2.75) is 34.1 Å². The summed E-state index contributed by atoms with van der Waals surface area (Å²) in [5.74, 6) is 0.818. The number of H-pyrrole nitrogens is 2. The van der Waals surface area contributed by atoms with Crippen LogP contribution in [-0.2, 0) is 0 Å². The molecular weight excluding hydrogens is 501 g/mol. The summed E-state index contributed by atoms with van der Waals surface area (Å²) in [5.41, 5.74) is 8.34. The molecule has 0 saturated heterocycles. The van der Waals surface area contributed by atoms with Gasteiger partial charge in [0.15, 0.2) is 5.82 Å². The van der Waals surface area contributed by atoms with Gasteiger partial charge in [-0.25, -0.2) is 9.37 Å². The van der Waals surface area contributed by atoms with E-state index in [1.807, 2.05) is 38.2 Å². The van der Waals surface area contributed by atoms with Gasteiger partial charge in [0.25, 0.3) is 0 Å². The molecule has 0 radical (unpaired) electrons. The Labute approximate surface area is 232 Å². The van der Waals surface area contributed by atoms with Gasteiger partial charge in [0.05, 0.1) is 34.6 Å². The average molecular weight is 534 g/mol. The second kappa shape index (κ2) is 11.5. The Morgan fingerprint density at radius 2 is 1.75 bits per heavy atom. The van der Waals surface area contributed by atoms with Crippen LogP contribution in [0.2, 0.25) is 0 Å². The molecule has 7 nitrogen and oxygen atoms in total. The summed E-state index contributed by atoms with van der Waals surface area (Å²) in [5, 5.41) is 12.0. The molecule has 2 aromatic carbocycles. The molecule has 0 saturated carbocycles. The van der Waals surface area contributed by atoms with Crippen molar-refractivity contribution in [2.75, 3.05) is 5.32 Å². The van der Waals surface area contributed by atoms with Gasteiger partial charge in [0.2, 0.25) is 0 Å². The zero-order valence-electron chi connectivity index (χ0n) is 23.1. The number of rotatable bonds is 7. The highest BCUT2D eigenvalue weighted by Crippen LogP contribution is 2.33. The highest BCUT2D eigenvalue weighted by Gasteiger charge is 2.16. The van der Waals surface area contributed by atoms with Crippen molar-refractivity contribution in [3.05, 3.63) is 91.4 Å². The summed E-state index contributed by atoms with van der Waals surface area (Å²) >= 11 is 0. The van der Waals surface area contributed by atoms with Crippen molar-refractivity contribution in [3.63, 3.8) is 0 Å². The van der Waals surface area contributed by atoms with Crippen LogP contribution < -0.4 is 5.32 Å². The number of pyridine rings is 2. The monoisotopic (exact) mass is 533 g/mol. The lowest BCUT2D eigenvalue weighted by Crippen LogP contribution is -2.02. The van der Waals surface area contributed by atoms with E-state index >= 15 is 0 Å². The van der Waals surface area contributed by atoms with Gasteiger partial charge in [-0.2, -0.15) is 5.10 Å². The van der Waals surface area contributed by atoms with Gasteiger partial charge in [0, 0.05) is 34.6 Å². The van der Waals surface area contributed by atoms with Gasteiger partial charge in [-0.1, -0.05) is 52.5 Å². The zero-order valence-corrected chi connectivity index (χ0v) is 23.1. The normalized spacial score (nSPS) is 11.1. The van der Waals surface area contributed by atoms with Crippen molar-refractivity contribution in [1.29, 1.82) is 0 Å². The number of imidazole rings is 1. The maximum Gasteiger partial charge on any atom is 0.159 e. The van der Waals surface area contributed by atoms with E-state index in [2.05, 4.69) is 63.0 Å². The number of halogens is 1. The molecule has 4 heterocycles. The van der Waals surface area contributed by atoms with Crippen molar-refractivity contribution in [2.24, 2.45) is 5.92 Å². The zero-order chi connectivity index (χ0) is 28.2. The predicted molar refractivity (Wildman–Crippen MR) is 161 cm³/mol. The fourth-order valence-electron chi connectivity index (χ4n) is 4.70. The molecule has 0 spiro atoms. The largest absolute Gasteiger partial charge is 0.358 e. The molecule has 6 aromatic rings. The number of aromatic nitrogens is 6.